The molecular weight excluding hydrogens is 344 g/mol. The van der Waals surface area contributed by atoms with Crippen molar-refractivity contribution < 1.29 is 13.2 Å². The summed E-state index contributed by atoms with van der Waals surface area (Å²) in [6, 6.07) is 5.97. The van der Waals surface area contributed by atoms with E-state index in [1.807, 2.05) is 44.7 Å². The van der Waals surface area contributed by atoms with E-state index in [1.165, 1.54) is 11.8 Å². The van der Waals surface area contributed by atoms with Gasteiger partial charge in [-0.15, -0.1) is 0 Å². The second-order valence-electron chi connectivity index (χ2n) is 6.90. The smallest absolute Gasteiger partial charge is 0.250 e. The summed E-state index contributed by atoms with van der Waals surface area (Å²) in [5, 5.41) is 0.568. The fourth-order valence-electron chi connectivity index (χ4n) is 3.18. The molecule has 1 aromatic carbocycles. The van der Waals surface area contributed by atoms with Crippen LogP contribution in [-0.2, 0) is 14.6 Å². The topological polar surface area (TPSA) is 66.8 Å². The Morgan fingerprint density at radius 1 is 1.21 bits per heavy atom. The maximum absolute atomic E-state index is 12.1. The molecule has 24 heavy (non-hydrogen) atoms. The molecule has 3 rings (SSSR count). The maximum atomic E-state index is 12.1. The number of carbonyl (C=O) groups excluding carboxylic acids is 1. The monoisotopic (exact) mass is 366 g/mol. The molecule has 0 saturated carbocycles. The zero-order valence-corrected chi connectivity index (χ0v) is 15.9. The third-order valence-corrected chi connectivity index (χ3v) is 7.46. The standard InChI is InChI=1S/C17H22N2O3S2/c1-10(2)16(20)18-17-19(13-6-11(3)5-12(4)7-13)14-8-24(21,22)9-15(14)23-17/h5-7,10,14-15H,8-9H2,1-4H3/t14-,15+/m0/s1. The van der Waals surface area contributed by atoms with Gasteiger partial charge in [0.2, 0.25) is 0 Å². The lowest BCUT2D eigenvalue weighted by Gasteiger charge is -2.25. The van der Waals surface area contributed by atoms with E-state index in [0.29, 0.717) is 5.17 Å². The second-order valence-corrected chi connectivity index (χ2v) is 10.3. The van der Waals surface area contributed by atoms with Crippen molar-refractivity contribution in [2.75, 3.05) is 16.4 Å². The Morgan fingerprint density at radius 2 is 1.83 bits per heavy atom. The van der Waals surface area contributed by atoms with Crippen molar-refractivity contribution in [2.24, 2.45) is 10.9 Å². The number of thioether (sulfide) groups is 1. The highest BCUT2D eigenvalue weighted by Gasteiger charge is 2.49. The summed E-state index contributed by atoms with van der Waals surface area (Å²) in [6.07, 6.45) is 0. The average molecular weight is 367 g/mol. The minimum Gasteiger partial charge on any atom is -0.316 e. The van der Waals surface area contributed by atoms with Gasteiger partial charge in [0.1, 0.15) is 0 Å². The molecule has 0 unspecified atom stereocenters. The number of rotatable bonds is 2. The van der Waals surface area contributed by atoms with E-state index in [4.69, 9.17) is 0 Å². The van der Waals surface area contributed by atoms with E-state index in [-0.39, 0.29) is 34.6 Å². The maximum Gasteiger partial charge on any atom is 0.250 e. The van der Waals surface area contributed by atoms with E-state index in [2.05, 4.69) is 11.1 Å². The zero-order valence-electron chi connectivity index (χ0n) is 14.3. The number of aliphatic imine (C=N–C) groups is 1. The van der Waals surface area contributed by atoms with Gasteiger partial charge in [-0.1, -0.05) is 31.7 Å². The minimum absolute atomic E-state index is 0.0606. The van der Waals surface area contributed by atoms with Crippen molar-refractivity contribution in [1.82, 2.24) is 0 Å². The number of sulfone groups is 1. The number of fused-ring (bicyclic) bond motifs is 1. The van der Waals surface area contributed by atoms with Gasteiger partial charge in [-0.3, -0.25) is 4.79 Å². The van der Waals surface area contributed by atoms with Crippen molar-refractivity contribution in [3.8, 4) is 0 Å². The molecule has 0 N–H and O–H groups in total. The van der Waals surface area contributed by atoms with Crippen LogP contribution in [-0.4, -0.2) is 42.3 Å². The SMILES string of the molecule is Cc1cc(C)cc(N2C(=NC(=O)C(C)C)S[C@@H]3CS(=O)(=O)C[C@@H]32)c1. The third-order valence-electron chi connectivity index (χ3n) is 4.25. The summed E-state index contributed by atoms with van der Waals surface area (Å²) in [6.45, 7) is 7.66. The molecule has 0 aliphatic carbocycles. The summed E-state index contributed by atoms with van der Waals surface area (Å²) >= 11 is 1.42. The number of hydrogen-bond acceptors (Lipinski definition) is 4. The number of nitrogens with zero attached hydrogens (tertiary/aromatic N) is 2. The number of benzene rings is 1. The highest BCUT2D eigenvalue weighted by molar-refractivity contribution is 8.16. The molecule has 0 aromatic heterocycles. The first-order valence-corrected chi connectivity index (χ1v) is 10.7. The molecule has 1 aromatic rings. The lowest BCUT2D eigenvalue weighted by molar-refractivity contribution is -0.120. The highest BCUT2D eigenvalue weighted by atomic mass is 32.2. The zero-order chi connectivity index (χ0) is 17.6. The van der Waals surface area contributed by atoms with Gasteiger partial charge in [0.25, 0.3) is 5.91 Å². The lowest BCUT2D eigenvalue weighted by Crippen LogP contribution is -2.38. The van der Waals surface area contributed by atoms with Crippen LogP contribution in [0.3, 0.4) is 0 Å². The average Bonchev–Trinajstić information content (AvgIpc) is 2.88. The van der Waals surface area contributed by atoms with E-state index in [0.717, 1.165) is 16.8 Å². The van der Waals surface area contributed by atoms with Gasteiger partial charge >= 0.3 is 0 Å². The van der Waals surface area contributed by atoms with Crippen LogP contribution >= 0.6 is 11.8 Å². The molecular formula is C17H22N2O3S2. The van der Waals surface area contributed by atoms with E-state index in [1.54, 1.807) is 0 Å². The molecule has 2 saturated heterocycles. The van der Waals surface area contributed by atoms with Crippen LogP contribution in [0.5, 0.6) is 0 Å². The molecule has 5 nitrogen and oxygen atoms in total. The molecule has 130 valence electrons. The predicted octanol–water partition coefficient (Wildman–Crippen LogP) is 2.56. The van der Waals surface area contributed by atoms with E-state index in [9.17, 15) is 13.2 Å². The van der Waals surface area contributed by atoms with E-state index < -0.39 is 9.84 Å². The van der Waals surface area contributed by atoms with Gasteiger partial charge in [0.15, 0.2) is 15.0 Å². The molecule has 7 heteroatoms. The number of hydrogen-bond donors (Lipinski definition) is 0. The fraction of sp³-hybridized carbons (Fsp3) is 0.529. The van der Waals surface area contributed by atoms with Gasteiger partial charge in [-0.2, -0.15) is 4.99 Å². The summed E-state index contributed by atoms with van der Waals surface area (Å²) in [5.41, 5.74) is 3.13. The van der Waals surface area contributed by atoms with Gasteiger partial charge in [0, 0.05) is 16.9 Å². The molecule has 0 spiro atoms. The lowest BCUT2D eigenvalue weighted by atomic mass is 10.1. The Kier molecular flexibility index (Phi) is 4.51. The molecule has 2 aliphatic rings. The Balaban J connectivity index is 2.06. The Bertz CT molecular complexity index is 795. The van der Waals surface area contributed by atoms with Crippen molar-refractivity contribution in [3.63, 3.8) is 0 Å². The number of anilines is 1. The first-order chi connectivity index (χ1) is 11.2. The summed E-state index contributed by atoms with van der Waals surface area (Å²) in [7, 11) is -3.04. The van der Waals surface area contributed by atoms with Crippen LogP contribution in [0.4, 0.5) is 5.69 Å². The van der Waals surface area contributed by atoms with Crippen LogP contribution in [0, 0.1) is 19.8 Å². The summed E-state index contributed by atoms with van der Waals surface area (Å²) in [5.74, 6) is -0.0801. The van der Waals surface area contributed by atoms with Crippen LogP contribution in [0.25, 0.3) is 0 Å². The third kappa shape index (κ3) is 3.37. The van der Waals surface area contributed by atoms with Crippen LogP contribution in [0.1, 0.15) is 25.0 Å². The molecule has 2 atom stereocenters. The molecule has 2 aliphatic heterocycles. The van der Waals surface area contributed by atoms with Crippen LogP contribution in [0.15, 0.2) is 23.2 Å². The fourth-order valence-corrected chi connectivity index (χ4v) is 7.10. The molecule has 1 amide bonds. The largest absolute Gasteiger partial charge is 0.316 e. The number of amidine groups is 1. The van der Waals surface area contributed by atoms with Crippen molar-refractivity contribution in [2.45, 2.75) is 39.0 Å². The van der Waals surface area contributed by atoms with Gasteiger partial charge < -0.3 is 4.90 Å². The first kappa shape index (κ1) is 17.5. The number of carbonyl (C=O) groups is 1. The molecule has 2 heterocycles. The predicted molar refractivity (Wildman–Crippen MR) is 99.5 cm³/mol. The number of aryl methyl sites for hydroxylation is 2. The van der Waals surface area contributed by atoms with Crippen LogP contribution in [0.2, 0.25) is 0 Å². The Labute approximate surface area is 147 Å². The quantitative estimate of drug-likeness (QED) is 0.805. The van der Waals surface area contributed by atoms with Crippen molar-refractivity contribution in [3.05, 3.63) is 29.3 Å². The van der Waals surface area contributed by atoms with E-state index >= 15 is 0 Å². The Hall–Kier alpha value is -1.34. The summed E-state index contributed by atoms with van der Waals surface area (Å²) < 4.78 is 24.1. The molecule has 0 radical (unpaired) electrons. The second kappa shape index (κ2) is 6.19. The normalized spacial score (nSPS) is 27.0. The van der Waals surface area contributed by atoms with Gasteiger partial charge in [0.05, 0.1) is 17.5 Å². The highest BCUT2D eigenvalue weighted by Crippen LogP contribution is 2.41. The van der Waals surface area contributed by atoms with Crippen LogP contribution < -0.4 is 4.90 Å². The van der Waals surface area contributed by atoms with Crippen molar-refractivity contribution >= 4 is 38.4 Å². The minimum atomic E-state index is -3.04. The summed E-state index contributed by atoms with van der Waals surface area (Å²) in [4.78, 5) is 18.4. The Morgan fingerprint density at radius 3 is 2.42 bits per heavy atom. The van der Waals surface area contributed by atoms with Crippen molar-refractivity contribution in [1.29, 1.82) is 0 Å². The molecule has 0 bridgehead atoms. The van der Waals surface area contributed by atoms with Gasteiger partial charge in [-0.25, -0.2) is 8.42 Å². The first-order valence-electron chi connectivity index (χ1n) is 8.03. The molecule has 2 fully saturated rings. The van der Waals surface area contributed by atoms with Gasteiger partial charge in [-0.05, 0) is 37.1 Å². The number of amides is 1.